The van der Waals surface area contributed by atoms with E-state index in [1.54, 1.807) is 0 Å². The fraction of sp³-hybridized carbons (Fsp3) is 0.833. The van der Waals surface area contributed by atoms with E-state index in [-0.39, 0.29) is 9.76 Å². The van der Waals surface area contributed by atoms with Crippen molar-refractivity contribution >= 4 is 9.76 Å². The van der Waals surface area contributed by atoms with Crippen molar-refractivity contribution in [1.82, 2.24) is 0 Å². The minimum atomic E-state index is -0.177. The summed E-state index contributed by atoms with van der Waals surface area (Å²) in [7, 11) is -0.177. The molecule has 0 aromatic heterocycles. The van der Waals surface area contributed by atoms with Gasteiger partial charge in [0, 0.05) is 6.61 Å². The quantitative estimate of drug-likeness (QED) is 0.307. The number of hydrogen-bond acceptors (Lipinski definition) is 1. The molecule has 0 fully saturated rings. The average Bonchev–Trinajstić information content (AvgIpc) is 2.21. The van der Waals surface area contributed by atoms with E-state index >= 15 is 0 Å². The van der Waals surface area contributed by atoms with E-state index in [4.69, 9.17) is 4.43 Å². The second-order valence-electron chi connectivity index (χ2n) is 3.72. The van der Waals surface area contributed by atoms with Crippen LogP contribution in [0.15, 0.2) is 12.2 Å². The van der Waals surface area contributed by atoms with Crippen LogP contribution in [0.25, 0.3) is 0 Å². The van der Waals surface area contributed by atoms with Gasteiger partial charge >= 0.3 is 0 Å². The summed E-state index contributed by atoms with van der Waals surface area (Å²) < 4.78 is 5.54. The zero-order valence-electron chi connectivity index (χ0n) is 9.93. The van der Waals surface area contributed by atoms with E-state index in [2.05, 4.69) is 26.0 Å². The van der Waals surface area contributed by atoms with Gasteiger partial charge in [0.05, 0.1) is 0 Å². The molecule has 0 unspecified atom stereocenters. The molecule has 0 aromatic carbocycles. The lowest BCUT2D eigenvalue weighted by Gasteiger charge is -1.99. The molecule has 0 aliphatic rings. The normalized spacial score (nSPS) is 12.1. The molecule has 0 aliphatic heterocycles. The predicted molar refractivity (Wildman–Crippen MR) is 67.5 cm³/mol. The maximum absolute atomic E-state index is 5.54. The summed E-state index contributed by atoms with van der Waals surface area (Å²) in [5, 5.41) is 0. The van der Waals surface area contributed by atoms with E-state index < -0.39 is 0 Å². The molecule has 0 aliphatic carbocycles. The van der Waals surface area contributed by atoms with Crippen LogP contribution in [-0.4, -0.2) is 16.4 Å². The van der Waals surface area contributed by atoms with E-state index in [1.807, 2.05) is 0 Å². The highest BCUT2D eigenvalue weighted by Crippen LogP contribution is 2.00. The van der Waals surface area contributed by atoms with E-state index in [1.165, 1.54) is 44.6 Å². The maximum atomic E-state index is 5.54. The Morgan fingerprint density at radius 2 is 1.71 bits per heavy atom. The van der Waals surface area contributed by atoms with E-state index in [0.29, 0.717) is 0 Å². The van der Waals surface area contributed by atoms with Crippen LogP contribution in [0.3, 0.4) is 0 Å². The topological polar surface area (TPSA) is 9.23 Å². The summed E-state index contributed by atoms with van der Waals surface area (Å²) in [6.45, 7) is 5.40. The first-order valence-electron chi connectivity index (χ1n) is 6.14. The van der Waals surface area contributed by atoms with Crippen molar-refractivity contribution in [3.63, 3.8) is 0 Å². The summed E-state index contributed by atoms with van der Waals surface area (Å²) >= 11 is 0. The van der Waals surface area contributed by atoms with Crippen molar-refractivity contribution in [2.24, 2.45) is 0 Å². The monoisotopic (exact) mass is 214 g/mol. The fourth-order valence-corrected chi connectivity index (χ4v) is 2.46. The Kier molecular flexibility index (Phi) is 12.8. The van der Waals surface area contributed by atoms with Gasteiger partial charge < -0.3 is 4.43 Å². The van der Waals surface area contributed by atoms with Crippen molar-refractivity contribution in [2.45, 2.75) is 58.4 Å². The van der Waals surface area contributed by atoms with Crippen molar-refractivity contribution in [3.8, 4) is 0 Å². The van der Waals surface area contributed by atoms with Crippen LogP contribution in [0.2, 0.25) is 6.04 Å². The van der Waals surface area contributed by atoms with Gasteiger partial charge in [-0.25, -0.2) is 0 Å². The first-order valence-corrected chi connectivity index (χ1v) is 7.72. The molecular formula is C12H26OSi. The predicted octanol–water partition coefficient (Wildman–Crippen LogP) is 3.44. The first kappa shape index (κ1) is 13.9. The Balaban J connectivity index is 2.94. The fourth-order valence-electron chi connectivity index (χ4n) is 1.27. The molecule has 0 aromatic rings. The van der Waals surface area contributed by atoms with Gasteiger partial charge in [0.25, 0.3) is 0 Å². The van der Waals surface area contributed by atoms with Crippen LogP contribution >= 0.6 is 0 Å². The highest BCUT2D eigenvalue weighted by atomic mass is 28.2. The lowest BCUT2D eigenvalue weighted by atomic mass is 10.2. The van der Waals surface area contributed by atoms with Gasteiger partial charge in [-0.05, 0) is 25.3 Å². The highest BCUT2D eigenvalue weighted by Gasteiger charge is 1.88. The Hall–Kier alpha value is -0.0831. The first-order chi connectivity index (χ1) is 6.91. The van der Waals surface area contributed by atoms with Crippen molar-refractivity contribution in [3.05, 3.63) is 12.2 Å². The molecule has 84 valence electrons. The molecule has 1 nitrogen and oxygen atoms in total. The van der Waals surface area contributed by atoms with Gasteiger partial charge in [-0.15, -0.1) is 0 Å². The van der Waals surface area contributed by atoms with E-state index in [0.717, 1.165) is 6.61 Å². The molecule has 14 heavy (non-hydrogen) atoms. The summed E-state index contributed by atoms with van der Waals surface area (Å²) in [6, 6.07) is 1.35. The molecule has 0 rings (SSSR count). The molecule has 0 N–H and O–H groups in total. The molecule has 0 heterocycles. The van der Waals surface area contributed by atoms with Crippen molar-refractivity contribution in [1.29, 1.82) is 0 Å². The van der Waals surface area contributed by atoms with Crippen LogP contribution in [0.4, 0.5) is 0 Å². The van der Waals surface area contributed by atoms with Gasteiger partial charge in [0.1, 0.15) is 0 Å². The Morgan fingerprint density at radius 3 is 2.36 bits per heavy atom. The third kappa shape index (κ3) is 11.9. The van der Waals surface area contributed by atoms with Crippen LogP contribution in [0.5, 0.6) is 0 Å². The van der Waals surface area contributed by atoms with Crippen molar-refractivity contribution < 1.29 is 4.43 Å². The molecule has 0 saturated heterocycles. The van der Waals surface area contributed by atoms with Gasteiger partial charge in [-0.1, -0.05) is 45.3 Å². The second-order valence-corrected chi connectivity index (χ2v) is 5.25. The van der Waals surface area contributed by atoms with Crippen LogP contribution in [0, 0.1) is 0 Å². The average molecular weight is 214 g/mol. The molecule has 0 radical (unpaired) electrons. The molecule has 0 amide bonds. The summed E-state index contributed by atoms with van der Waals surface area (Å²) in [5.41, 5.74) is 0. The van der Waals surface area contributed by atoms with Gasteiger partial charge in [0.15, 0.2) is 9.76 Å². The third-order valence-corrected chi connectivity index (χ3v) is 3.51. The second kappa shape index (κ2) is 12.9. The van der Waals surface area contributed by atoms with Gasteiger partial charge in [-0.2, -0.15) is 0 Å². The zero-order valence-corrected chi connectivity index (χ0v) is 11.3. The SMILES string of the molecule is CCCCC=CCCC[SiH2]OCCC. The minimum Gasteiger partial charge on any atom is -0.424 e. The molecule has 2 heteroatoms. The number of rotatable bonds is 10. The number of unbranched alkanes of at least 4 members (excludes halogenated alkanes) is 3. The lowest BCUT2D eigenvalue weighted by molar-refractivity contribution is 0.334. The standard InChI is InChI=1S/C12H26OSi/c1-3-5-6-7-8-9-10-12-14-13-11-4-2/h7-8H,3-6,9-12,14H2,1-2H3. The van der Waals surface area contributed by atoms with Crippen LogP contribution in [-0.2, 0) is 4.43 Å². The molecule has 0 atom stereocenters. The third-order valence-electron chi connectivity index (χ3n) is 2.15. The van der Waals surface area contributed by atoms with E-state index in [9.17, 15) is 0 Å². The zero-order chi connectivity index (χ0) is 10.5. The number of hydrogen-bond donors (Lipinski definition) is 0. The molecular weight excluding hydrogens is 188 g/mol. The summed E-state index contributed by atoms with van der Waals surface area (Å²) in [5.74, 6) is 0. The van der Waals surface area contributed by atoms with Crippen molar-refractivity contribution in [2.75, 3.05) is 6.61 Å². The van der Waals surface area contributed by atoms with Gasteiger partial charge in [-0.3, -0.25) is 0 Å². The molecule has 0 bridgehead atoms. The summed E-state index contributed by atoms with van der Waals surface area (Å²) in [6.07, 6.45) is 12.3. The largest absolute Gasteiger partial charge is 0.424 e. The lowest BCUT2D eigenvalue weighted by Crippen LogP contribution is -1.98. The summed E-state index contributed by atoms with van der Waals surface area (Å²) in [4.78, 5) is 0. The number of allylic oxidation sites excluding steroid dienone is 2. The van der Waals surface area contributed by atoms with Gasteiger partial charge in [0.2, 0.25) is 0 Å². The maximum Gasteiger partial charge on any atom is 0.161 e. The van der Waals surface area contributed by atoms with Crippen LogP contribution in [0.1, 0.15) is 52.4 Å². The highest BCUT2D eigenvalue weighted by molar-refractivity contribution is 6.26. The Bertz CT molecular complexity index is 123. The van der Waals surface area contributed by atoms with Crippen LogP contribution < -0.4 is 0 Å². The Labute approximate surface area is 91.9 Å². The Morgan fingerprint density at radius 1 is 1.00 bits per heavy atom. The molecule has 0 saturated carbocycles. The molecule has 0 spiro atoms. The minimum absolute atomic E-state index is 0.177. The smallest absolute Gasteiger partial charge is 0.161 e.